The minimum atomic E-state index is -0.509. The lowest BCUT2D eigenvalue weighted by atomic mass is 10.0. The van der Waals surface area contributed by atoms with Crippen LogP contribution in [0.4, 0.5) is 4.39 Å². The summed E-state index contributed by atoms with van der Waals surface area (Å²) in [6.45, 7) is 3.95. The standard InChI is InChI=1S/C16H21FN2O2/c1-3-7-14-15(20)18-13(4-2)16(21)19(14)10-11-8-5-6-9-12(11)17/h5-6,8-9,13-14H,3-4,7,10H2,1-2H3,(H,18,20). The summed E-state index contributed by atoms with van der Waals surface area (Å²) in [4.78, 5) is 26.2. The molecule has 2 rings (SSSR count). The lowest BCUT2D eigenvalue weighted by Crippen LogP contribution is -2.62. The average Bonchev–Trinajstić information content (AvgIpc) is 2.48. The molecule has 1 aromatic carbocycles. The highest BCUT2D eigenvalue weighted by molar-refractivity contribution is 5.96. The Morgan fingerprint density at radius 3 is 2.57 bits per heavy atom. The van der Waals surface area contributed by atoms with Crippen LogP contribution >= 0.6 is 0 Å². The molecule has 1 fully saturated rings. The van der Waals surface area contributed by atoms with Gasteiger partial charge in [-0.05, 0) is 18.9 Å². The van der Waals surface area contributed by atoms with E-state index in [4.69, 9.17) is 0 Å². The number of nitrogens with one attached hydrogen (secondary N) is 1. The first-order chi connectivity index (χ1) is 10.1. The molecule has 4 nitrogen and oxygen atoms in total. The number of carbonyl (C=O) groups excluding carboxylic acids is 2. The molecule has 0 aromatic heterocycles. The molecule has 1 aliphatic rings. The Hall–Kier alpha value is -1.91. The number of hydrogen-bond donors (Lipinski definition) is 1. The summed E-state index contributed by atoms with van der Waals surface area (Å²) in [7, 11) is 0. The summed E-state index contributed by atoms with van der Waals surface area (Å²) in [5.74, 6) is -0.613. The minimum Gasteiger partial charge on any atom is -0.343 e. The maximum Gasteiger partial charge on any atom is 0.246 e. The van der Waals surface area contributed by atoms with Gasteiger partial charge in [-0.3, -0.25) is 9.59 Å². The van der Waals surface area contributed by atoms with Crippen LogP contribution < -0.4 is 5.32 Å². The molecular formula is C16H21FN2O2. The van der Waals surface area contributed by atoms with Gasteiger partial charge in [-0.25, -0.2) is 4.39 Å². The Balaban J connectivity index is 2.27. The topological polar surface area (TPSA) is 49.4 Å². The van der Waals surface area contributed by atoms with Crippen molar-refractivity contribution >= 4 is 11.8 Å². The predicted molar refractivity (Wildman–Crippen MR) is 77.9 cm³/mol. The van der Waals surface area contributed by atoms with Crippen molar-refractivity contribution in [3.05, 3.63) is 35.6 Å². The first-order valence-corrected chi connectivity index (χ1v) is 7.42. The molecule has 2 amide bonds. The van der Waals surface area contributed by atoms with Gasteiger partial charge < -0.3 is 10.2 Å². The molecule has 0 bridgehead atoms. The number of halogens is 1. The molecule has 2 unspecified atom stereocenters. The SMILES string of the molecule is CCCC1C(=O)NC(CC)C(=O)N1Cc1ccccc1F. The zero-order valence-corrected chi connectivity index (χ0v) is 12.4. The zero-order valence-electron chi connectivity index (χ0n) is 12.4. The van der Waals surface area contributed by atoms with E-state index in [1.54, 1.807) is 18.2 Å². The molecule has 0 radical (unpaired) electrons. The van der Waals surface area contributed by atoms with Crippen molar-refractivity contribution in [3.63, 3.8) is 0 Å². The van der Waals surface area contributed by atoms with Crippen LogP contribution in [-0.2, 0) is 16.1 Å². The van der Waals surface area contributed by atoms with E-state index in [0.717, 1.165) is 6.42 Å². The third-order valence-corrected chi connectivity index (χ3v) is 3.85. The Morgan fingerprint density at radius 2 is 1.95 bits per heavy atom. The second-order valence-electron chi connectivity index (χ2n) is 5.33. The highest BCUT2D eigenvalue weighted by Crippen LogP contribution is 2.20. The van der Waals surface area contributed by atoms with Gasteiger partial charge in [0.15, 0.2) is 0 Å². The third-order valence-electron chi connectivity index (χ3n) is 3.85. The number of hydrogen-bond acceptors (Lipinski definition) is 2. The summed E-state index contributed by atoms with van der Waals surface area (Å²) in [6.07, 6.45) is 1.91. The summed E-state index contributed by atoms with van der Waals surface area (Å²) < 4.78 is 13.8. The Morgan fingerprint density at radius 1 is 1.24 bits per heavy atom. The smallest absolute Gasteiger partial charge is 0.246 e. The molecular weight excluding hydrogens is 271 g/mol. The van der Waals surface area contributed by atoms with Crippen molar-refractivity contribution < 1.29 is 14.0 Å². The molecule has 1 N–H and O–H groups in total. The summed E-state index contributed by atoms with van der Waals surface area (Å²) in [5.41, 5.74) is 0.441. The minimum absolute atomic E-state index is 0.126. The highest BCUT2D eigenvalue weighted by Gasteiger charge is 2.39. The van der Waals surface area contributed by atoms with Gasteiger partial charge in [-0.15, -0.1) is 0 Å². The molecule has 1 saturated heterocycles. The van der Waals surface area contributed by atoms with E-state index < -0.39 is 12.1 Å². The van der Waals surface area contributed by atoms with Crippen molar-refractivity contribution in [3.8, 4) is 0 Å². The van der Waals surface area contributed by atoms with Gasteiger partial charge in [0.2, 0.25) is 11.8 Å². The maximum atomic E-state index is 13.8. The number of rotatable bonds is 5. The van der Waals surface area contributed by atoms with Crippen LogP contribution in [0.3, 0.4) is 0 Å². The van der Waals surface area contributed by atoms with E-state index >= 15 is 0 Å². The number of carbonyl (C=O) groups is 2. The molecule has 21 heavy (non-hydrogen) atoms. The van der Waals surface area contributed by atoms with Gasteiger partial charge in [-0.2, -0.15) is 0 Å². The van der Waals surface area contributed by atoms with Crippen molar-refractivity contribution in [1.29, 1.82) is 0 Å². The normalized spacial score (nSPS) is 22.3. The lowest BCUT2D eigenvalue weighted by molar-refractivity contribution is -0.150. The van der Waals surface area contributed by atoms with Crippen LogP contribution in [-0.4, -0.2) is 28.8 Å². The molecule has 1 aromatic rings. The number of piperazine rings is 1. The van der Waals surface area contributed by atoms with Crippen LogP contribution in [0.5, 0.6) is 0 Å². The fourth-order valence-corrected chi connectivity index (χ4v) is 2.66. The largest absolute Gasteiger partial charge is 0.343 e. The molecule has 5 heteroatoms. The Labute approximate surface area is 124 Å². The van der Waals surface area contributed by atoms with Crippen LogP contribution in [0, 0.1) is 5.82 Å². The van der Waals surface area contributed by atoms with Gasteiger partial charge in [0.1, 0.15) is 17.9 Å². The average molecular weight is 292 g/mol. The van der Waals surface area contributed by atoms with E-state index in [1.165, 1.54) is 11.0 Å². The second-order valence-corrected chi connectivity index (χ2v) is 5.33. The molecule has 1 aliphatic heterocycles. The van der Waals surface area contributed by atoms with Gasteiger partial charge in [0, 0.05) is 12.1 Å². The molecule has 0 aliphatic carbocycles. The van der Waals surface area contributed by atoms with Gasteiger partial charge >= 0.3 is 0 Å². The van der Waals surface area contributed by atoms with Gasteiger partial charge in [0.25, 0.3) is 0 Å². The lowest BCUT2D eigenvalue weighted by Gasteiger charge is -2.38. The van der Waals surface area contributed by atoms with E-state index in [0.29, 0.717) is 18.4 Å². The van der Waals surface area contributed by atoms with E-state index in [-0.39, 0.29) is 24.2 Å². The zero-order chi connectivity index (χ0) is 15.4. The van der Waals surface area contributed by atoms with E-state index in [1.807, 2.05) is 13.8 Å². The van der Waals surface area contributed by atoms with Crippen LogP contribution in [0.15, 0.2) is 24.3 Å². The van der Waals surface area contributed by atoms with Crippen molar-refractivity contribution in [2.75, 3.05) is 0 Å². The number of benzene rings is 1. The number of amides is 2. The molecule has 0 saturated carbocycles. The predicted octanol–water partition coefficient (Wildman–Crippen LogP) is 2.23. The molecule has 114 valence electrons. The van der Waals surface area contributed by atoms with Gasteiger partial charge in [0.05, 0.1) is 0 Å². The summed E-state index contributed by atoms with van der Waals surface area (Å²) in [5, 5.41) is 2.76. The van der Waals surface area contributed by atoms with Crippen molar-refractivity contribution in [2.45, 2.75) is 51.7 Å². The maximum absolute atomic E-state index is 13.8. The fraction of sp³-hybridized carbons (Fsp3) is 0.500. The van der Waals surface area contributed by atoms with E-state index in [2.05, 4.69) is 5.32 Å². The van der Waals surface area contributed by atoms with Crippen LogP contribution in [0.1, 0.15) is 38.7 Å². The highest BCUT2D eigenvalue weighted by atomic mass is 19.1. The first-order valence-electron chi connectivity index (χ1n) is 7.42. The monoisotopic (exact) mass is 292 g/mol. The van der Waals surface area contributed by atoms with Crippen LogP contribution in [0.2, 0.25) is 0 Å². The Kier molecular flexibility index (Phi) is 4.94. The first kappa shape index (κ1) is 15.5. The van der Waals surface area contributed by atoms with E-state index in [9.17, 15) is 14.0 Å². The third kappa shape index (κ3) is 3.23. The molecule has 1 heterocycles. The van der Waals surface area contributed by atoms with Crippen molar-refractivity contribution in [2.24, 2.45) is 0 Å². The molecule has 0 spiro atoms. The van der Waals surface area contributed by atoms with Gasteiger partial charge in [-0.1, -0.05) is 38.5 Å². The summed E-state index contributed by atoms with van der Waals surface area (Å²) >= 11 is 0. The summed E-state index contributed by atoms with van der Waals surface area (Å²) in [6, 6.07) is 5.36. The quantitative estimate of drug-likeness (QED) is 0.904. The van der Waals surface area contributed by atoms with Crippen molar-refractivity contribution in [1.82, 2.24) is 10.2 Å². The molecule has 2 atom stereocenters. The number of nitrogens with zero attached hydrogens (tertiary/aromatic N) is 1. The second kappa shape index (κ2) is 6.70. The van der Waals surface area contributed by atoms with Crippen LogP contribution in [0.25, 0.3) is 0 Å². The Bertz CT molecular complexity index is 533. The fourth-order valence-electron chi connectivity index (χ4n) is 2.66.